The zero-order valence-corrected chi connectivity index (χ0v) is 15.3. The monoisotopic (exact) mass is 358 g/mol. The fraction of sp³-hybridized carbons (Fsp3) is 0.619. The van der Waals surface area contributed by atoms with E-state index in [4.69, 9.17) is 0 Å². The molecule has 0 radical (unpaired) electrons. The first-order chi connectivity index (χ1) is 12.4. The number of hydrogen-bond donors (Lipinski definition) is 2. The van der Waals surface area contributed by atoms with E-state index in [1.54, 1.807) is 6.07 Å². The molecule has 0 aliphatic heterocycles. The lowest BCUT2D eigenvalue weighted by Crippen LogP contribution is -2.53. The maximum atomic E-state index is 13.3. The van der Waals surface area contributed by atoms with E-state index in [1.807, 2.05) is 6.92 Å². The summed E-state index contributed by atoms with van der Waals surface area (Å²) in [6, 6.07) is 4.33. The standard InChI is InChI=1S/C21H27FN2O2/c1-13-2-3-17(22)9-18(13)24-19(25)4-5-23-20(26)21-10-14-6-15(11-21)8-16(7-14)12-21/h2-3,9,14-16H,4-8,10-12H2,1H3,(H,23,26)(H,24,25). The third-order valence-electron chi connectivity index (χ3n) is 6.63. The Hall–Kier alpha value is -1.91. The molecule has 5 rings (SSSR count). The number of carbonyl (C=O) groups is 2. The highest BCUT2D eigenvalue weighted by atomic mass is 19.1. The zero-order chi connectivity index (χ0) is 18.3. The molecular formula is C21H27FN2O2. The van der Waals surface area contributed by atoms with Crippen LogP contribution in [0, 0.1) is 35.9 Å². The van der Waals surface area contributed by atoms with Crippen LogP contribution in [0.3, 0.4) is 0 Å². The van der Waals surface area contributed by atoms with Crippen molar-refractivity contribution in [3.63, 3.8) is 0 Å². The molecule has 0 unspecified atom stereocenters. The smallest absolute Gasteiger partial charge is 0.226 e. The maximum absolute atomic E-state index is 13.3. The number of rotatable bonds is 5. The van der Waals surface area contributed by atoms with Crippen molar-refractivity contribution in [3.05, 3.63) is 29.6 Å². The van der Waals surface area contributed by atoms with Crippen molar-refractivity contribution in [2.45, 2.75) is 51.9 Å². The molecule has 4 saturated carbocycles. The van der Waals surface area contributed by atoms with E-state index >= 15 is 0 Å². The summed E-state index contributed by atoms with van der Waals surface area (Å²) in [6.07, 6.45) is 7.21. The van der Waals surface area contributed by atoms with Crippen LogP contribution in [0.25, 0.3) is 0 Å². The zero-order valence-electron chi connectivity index (χ0n) is 15.3. The topological polar surface area (TPSA) is 58.2 Å². The molecule has 4 bridgehead atoms. The van der Waals surface area contributed by atoms with Gasteiger partial charge in [-0.05, 0) is 80.9 Å². The normalized spacial score (nSPS) is 31.7. The third kappa shape index (κ3) is 3.36. The molecule has 0 heterocycles. The van der Waals surface area contributed by atoms with Gasteiger partial charge in [0.25, 0.3) is 0 Å². The van der Waals surface area contributed by atoms with Crippen LogP contribution in [0.1, 0.15) is 50.5 Å². The lowest BCUT2D eigenvalue weighted by molar-refractivity contribution is -0.146. The number of carbonyl (C=O) groups excluding carboxylic acids is 2. The summed E-state index contributed by atoms with van der Waals surface area (Å²) < 4.78 is 13.3. The second-order valence-corrected chi connectivity index (χ2v) is 8.71. The highest BCUT2D eigenvalue weighted by molar-refractivity contribution is 5.92. The maximum Gasteiger partial charge on any atom is 0.226 e. The van der Waals surface area contributed by atoms with Gasteiger partial charge in [0.1, 0.15) is 5.82 Å². The first-order valence-corrected chi connectivity index (χ1v) is 9.78. The van der Waals surface area contributed by atoms with Crippen LogP contribution in [0.5, 0.6) is 0 Å². The predicted molar refractivity (Wildman–Crippen MR) is 98.0 cm³/mol. The average Bonchev–Trinajstić information content (AvgIpc) is 2.57. The van der Waals surface area contributed by atoms with Crippen molar-refractivity contribution < 1.29 is 14.0 Å². The Balaban J connectivity index is 1.29. The Bertz CT molecular complexity index is 695. The molecule has 0 atom stereocenters. The van der Waals surface area contributed by atoms with Crippen molar-refractivity contribution in [2.24, 2.45) is 23.2 Å². The summed E-state index contributed by atoms with van der Waals surface area (Å²) in [5, 5.41) is 5.74. The first-order valence-electron chi connectivity index (χ1n) is 9.78. The minimum atomic E-state index is -0.374. The van der Waals surface area contributed by atoms with Crippen LogP contribution >= 0.6 is 0 Å². The molecule has 140 valence electrons. The lowest BCUT2D eigenvalue weighted by Gasteiger charge is -2.55. The van der Waals surface area contributed by atoms with Crippen LogP contribution in [0.4, 0.5) is 10.1 Å². The van der Waals surface area contributed by atoms with Crippen LogP contribution in [0.15, 0.2) is 18.2 Å². The van der Waals surface area contributed by atoms with E-state index in [0.717, 1.165) is 42.6 Å². The number of hydrogen-bond acceptors (Lipinski definition) is 2. The minimum Gasteiger partial charge on any atom is -0.355 e. The highest BCUT2D eigenvalue weighted by Crippen LogP contribution is 2.60. The van der Waals surface area contributed by atoms with Crippen LogP contribution in [-0.2, 0) is 9.59 Å². The Morgan fingerprint density at radius 2 is 1.73 bits per heavy atom. The number of nitrogens with one attached hydrogen (secondary N) is 2. The molecule has 5 heteroatoms. The Morgan fingerprint density at radius 1 is 1.12 bits per heavy atom. The van der Waals surface area contributed by atoms with Gasteiger partial charge in [0.05, 0.1) is 0 Å². The Morgan fingerprint density at radius 3 is 2.35 bits per heavy atom. The van der Waals surface area contributed by atoms with Gasteiger partial charge in [-0.2, -0.15) is 0 Å². The molecule has 0 aromatic heterocycles. The number of halogens is 1. The van der Waals surface area contributed by atoms with Gasteiger partial charge in [-0.3, -0.25) is 9.59 Å². The van der Waals surface area contributed by atoms with Crippen molar-refractivity contribution in [3.8, 4) is 0 Å². The predicted octanol–water partition coefficient (Wildman–Crippen LogP) is 3.80. The van der Waals surface area contributed by atoms with Crippen molar-refractivity contribution in [1.29, 1.82) is 0 Å². The van der Waals surface area contributed by atoms with Crippen molar-refractivity contribution in [2.75, 3.05) is 11.9 Å². The number of benzene rings is 1. The first kappa shape index (κ1) is 17.5. The molecule has 0 saturated heterocycles. The summed E-state index contributed by atoms with van der Waals surface area (Å²) in [6.45, 7) is 2.16. The van der Waals surface area contributed by atoms with Gasteiger partial charge in [-0.1, -0.05) is 6.07 Å². The minimum absolute atomic E-state index is 0.145. The van der Waals surface area contributed by atoms with Gasteiger partial charge < -0.3 is 10.6 Å². The van der Waals surface area contributed by atoms with E-state index in [2.05, 4.69) is 10.6 Å². The van der Waals surface area contributed by atoms with Gasteiger partial charge in [-0.15, -0.1) is 0 Å². The third-order valence-corrected chi connectivity index (χ3v) is 6.63. The summed E-state index contributed by atoms with van der Waals surface area (Å²) in [5.41, 5.74) is 1.13. The summed E-state index contributed by atoms with van der Waals surface area (Å²) >= 11 is 0. The van der Waals surface area contributed by atoms with E-state index in [1.165, 1.54) is 31.4 Å². The molecule has 4 aliphatic carbocycles. The molecule has 4 nitrogen and oxygen atoms in total. The van der Waals surface area contributed by atoms with Gasteiger partial charge in [0, 0.05) is 24.1 Å². The van der Waals surface area contributed by atoms with Gasteiger partial charge >= 0.3 is 0 Å². The molecule has 2 amide bonds. The average molecular weight is 358 g/mol. The van der Waals surface area contributed by atoms with Crippen LogP contribution in [0.2, 0.25) is 0 Å². The number of anilines is 1. The van der Waals surface area contributed by atoms with E-state index in [9.17, 15) is 14.0 Å². The summed E-state index contributed by atoms with van der Waals surface area (Å²) in [5.74, 6) is 1.75. The Kier molecular flexibility index (Phi) is 4.49. The number of aryl methyl sites for hydroxylation is 1. The van der Waals surface area contributed by atoms with Crippen molar-refractivity contribution >= 4 is 17.5 Å². The van der Waals surface area contributed by atoms with Crippen LogP contribution in [-0.4, -0.2) is 18.4 Å². The second-order valence-electron chi connectivity index (χ2n) is 8.71. The molecule has 1 aromatic rings. The largest absolute Gasteiger partial charge is 0.355 e. The fourth-order valence-corrected chi connectivity index (χ4v) is 5.81. The molecular weight excluding hydrogens is 331 g/mol. The van der Waals surface area contributed by atoms with Crippen molar-refractivity contribution in [1.82, 2.24) is 5.32 Å². The number of amides is 2. The van der Waals surface area contributed by atoms with Gasteiger partial charge in [0.2, 0.25) is 11.8 Å². The van der Waals surface area contributed by atoms with E-state index < -0.39 is 0 Å². The molecule has 4 fully saturated rings. The van der Waals surface area contributed by atoms with Gasteiger partial charge in [-0.25, -0.2) is 4.39 Å². The van der Waals surface area contributed by atoms with E-state index in [-0.39, 0.29) is 29.5 Å². The van der Waals surface area contributed by atoms with Gasteiger partial charge in [0.15, 0.2) is 0 Å². The summed E-state index contributed by atoms with van der Waals surface area (Å²) in [7, 11) is 0. The summed E-state index contributed by atoms with van der Waals surface area (Å²) in [4.78, 5) is 25.0. The Labute approximate surface area is 153 Å². The lowest BCUT2D eigenvalue weighted by atomic mass is 9.49. The van der Waals surface area contributed by atoms with E-state index in [0.29, 0.717) is 12.2 Å². The molecule has 1 aromatic carbocycles. The fourth-order valence-electron chi connectivity index (χ4n) is 5.81. The second kappa shape index (κ2) is 6.67. The van der Waals surface area contributed by atoms with Crippen LogP contribution < -0.4 is 10.6 Å². The quantitative estimate of drug-likeness (QED) is 0.841. The molecule has 4 aliphatic rings. The highest BCUT2D eigenvalue weighted by Gasteiger charge is 2.54. The molecule has 2 N–H and O–H groups in total. The SMILES string of the molecule is Cc1ccc(F)cc1NC(=O)CCNC(=O)C12CC3CC(CC(C3)C1)C2. The molecule has 26 heavy (non-hydrogen) atoms. The molecule has 0 spiro atoms.